The molecule has 24 heavy (non-hydrogen) atoms. The number of amides is 1. The molecular formula is C19H21N3O2. The van der Waals surface area contributed by atoms with E-state index >= 15 is 0 Å². The van der Waals surface area contributed by atoms with Crippen molar-refractivity contribution >= 4 is 11.7 Å². The summed E-state index contributed by atoms with van der Waals surface area (Å²) in [6.45, 7) is 2.06. The van der Waals surface area contributed by atoms with Gasteiger partial charge in [-0.1, -0.05) is 24.3 Å². The van der Waals surface area contributed by atoms with E-state index in [-0.39, 0.29) is 11.9 Å². The van der Waals surface area contributed by atoms with Crippen LogP contribution in [-0.2, 0) is 6.42 Å². The highest BCUT2D eigenvalue weighted by Gasteiger charge is 2.32. The summed E-state index contributed by atoms with van der Waals surface area (Å²) in [5.41, 5.74) is 2.62. The van der Waals surface area contributed by atoms with Crippen LogP contribution in [0.4, 0.5) is 5.82 Å². The van der Waals surface area contributed by atoms with Gasteiger partial charge >= 0.3 is 0 Å². The molecule has 0 bridgehead atoms. The monoisotopic (exact) mass is 323 g/mol. The van der Waals surface area contributed by atoms with Crippen LogP contribution in [0.1, 0.15) is 40.4 Å². The van der Waals surface area contributed by atoms with Crippen molar-refractivity contribution in [2.24, 2.45) is 0 Å². The first-order chi connectivity index (χ1) is 11.7. The number of hydrogen-bond donors (Lipinski definition) is 2. The normalized spacial score (nSPS) is 22.5. The molecule has 1 amide bonds. The van der Waals surface area contributed by atoms with E-state index in [9.17, 15) is 9.90 Å². The Hall–Kier alpha value is -2.40. The lowest BCUT2D eigenvalue weighted by Crippen LogP contribution is -2.34. The summed E-state index contributed by atoms with van der Waals surface area (Å²) in [6, 6.07) is 11.2. The predicted molar refractivity (Wildman–Crippen MR) is 92.0 cm³/mol. The fraction of sp³-hybridized carbons (Fsp3) is 0.368. The van der Waals surface area contributed by atoms with Gasteiger partial charge in [0, 0.05) is 25.7 Å². The number of hydrogen-bond acceptors (Lipinski definition) is 4. The molecule has 2 atom stereocenters. The number of benzene rings is 1. The van der Waals surface area contributed by atoms with Gasteiger partial charge in [0.25, 0.3) is 5.91 Å². The topological polar surface area (TPSA) is 65.5 Å². The highest BCUT2D eigenvalue weighted by atomic mass is 16.3. The van der Waals surface area contributed by atoms with Gasteiger partial charge in [-0.3, -0.25) is 4.79 Å². The Labute approximate surface area is 141 Å². The Morgan fingerprint density at radius 1 is 1.17 bits per heavy atom. The summed E-state index contributed by atoms with van der Waals surface area (Å²) in [6.07, 6.45) is 4.01. The molecule has 2 aliphatic rings. The summed E-state index contributed by atoms with van der Waals surface area (Å²) >= 11 is 0. The predicted octanol–water partition coefficient (Wildman–Crippen LogP) is 2.07. The Balaban J connectivity index is 1.48. The van der Waals surface area contributed by atoms with E-state index in [0.717, 1.165) is 30.0 Å². The maximum Gasteiger partial charge on any atom is 0.253 e. The summed E-state index contributed by atoms with van der Waals surface area (Å²) < 4.78 is 0. The Morgan fingerprint density at radius 2 is 1.96 bits per heavy atom. The van der Waals surface area contributed by atoms with Crippen LogP contribution in [0.3, 0.4) is 0 Å². The number of aliphatic hydroxyl groups is 1. The molecule has 0 spiro atoms. The molecule has 1 aliphatic heterocycles. The average Bonchev–Trinajstić information content (AvgIpc) is 3.24. The molecule has 2 aromatic rings. The van der Waals surface area contributed by atoms with Crippen molar-refractivity contribution in [3.8, 4) is 0 Å². The second kappa shape index (κ2) is 6.24. The van der Waals surface area contributed by atoms with E-state index in [1.165, 1.54) is 12.8 Å². The SMILES string of the molecule is O=C(N[C@@H]1c2ccccc2C[C@@H]1O)c1ccc(N2CCCC2)nc1. The Kier molecular flexibility index (Phi) is 3.94. The summed E-state index contributed by atoms with van der Waals surface area (Å²) in [5, 5.41) is 13.2. The van der Waals surface area contributed by atoms with Gasteiger partial charge in [0.2, 0.25) is 0 Å². The van der Waals surface area contributed by atoms with E-state index in [1.807, 2.05) is 36.4 Å². The van der Waals surface area contributed by atoms with Crippen LogP contribution in [0.25, 0.3) is 0 Å². The molecule has 0 radical (unpaired) electrons. The van der Waals surface area contributed by atoms with E-state index in [2.05, 4.69) is 15.2 Å². The van der Waals surface area contributed by atoms with Crippen molar-refractivity contribution < 1.29 is 9.90 Å². The van der Waals surface area contributed by atoms with Crippen LogP contribution in [0.2, 0.25) is 0 Å². The zero-order valence-electron chi connectivity index (χ0n) is 13.5. The van der Waals surface area contributed by atoms with Gasteiger partial charge < -0.3 is 15.3 Å². The molecule has 0 unspecified atom stereocenters. The molecule has 2 heterocycles. The van der Waals surface area contributed by atoms with E-state index in [4.69, 9.17) is 0 Å². The molecule has 2 N–H and O–H groups in total. The number of nitrogens with one attached hydrogen (secondary N) is 1. The first-order valence-corrected chi connectivity index (χ1v) is 8.50. The standard InChI is InChI=1S/C19H21N3O2/c23-16-11-13-5-1-2-6-15(13)18(16)21-19(24)14-7-8-17(20-12-14)22-9-3-4-10-22/h1-2,5-8,12,16,18,23H,3-4,9-11H2,(H,21,24)/t16-,18+/m0/s1. The zero-order chi connectivity index (χ0) is 16.5. The molecule has 1 aliphatic carbocycles. The fourth-order valence-corrected chi connectivity index (χ4v) is 3.63. The van der Waals surface area contributed by atoms with Crippen LogP contribution >= 0.6 is 0 Å². The van der Waals surface area contributed by atoms with Crippen LogP contribution in [0.5, 0.6) is 0 Å². The van der Waals surface area contributed by atoms with Crippen LogP contribution in [-0.4, -0.2) is 35.2 Å². The van der Waals surface area contributed by atoms with E-state index in [1.54, 1.807) is 6.20 Å². The first kappa shape index (κ1) is 15.1. The molecule has 5 heteroatoms. The van der Waals surface area contributed by atoms with E-state index in [0.29, 0.717) is 12.0 Å². The molecule has 1 aromatic heterocycles. The number of pyridine rings is 1. The largest absolute Gasteiger partial charge is 0.390 e. The zero-order valence-corrected chi connectivity index (χ0v) is 13.5. The van der Waals surface area contributed by atoms with Crippen LogP contribution in [0.15, 0.2) is 42.6 Å². The Morgan fingerprint density at radius 3 is 2.71 bits per heavy atom. The van der Waals surface area contributed by atoms with Gasteiger partial charge in [-0.05, 0) is 36.1 Å². The van der Waals surface area contributed by atoms with Gasteiger partial charge in [-0.25, -0.2) is 4.98 Å². The van der Waals surface area contributed by atoms with Crippen molar-refractivity contribution in [3.63, 3.8) is 0 Å². The van der Waals surface area contributed by atoms with Gasteiger partial charge in [-0.15, -0.1) is 0 Å². The third kappa shape index (κ3) is 2.76. The average molecular weight is 323 g/mol. The number of nitrogens with zero attached hydrogens (tertiary/aromatic N) is 2. The van der Waals surface area contributed by atoms with Crippen molar-refractivity contribution in [3.05, 3.63) is 59.3 Å². The van der Waals surface area contributed by atoms with Gasteiger partial charge in [-0.2, -0.15) is 0 Å². The lowest BCUT2D eigenvalue weighted by atomic mass is 10.1. The smallest absolute Gasteiger partial charge is 0.253 e. The summed E-state index contributed by atoms with van der Waals surface area (Å²) in [7, 11) is 0. The molecule has 0 saturated carbocycles. The van der Waals surface area contributed by atoms with Crippen molar-refractivity contribution in [2.75, 3.05) is 18.0 Å². The molecule has 1 aromatic carbocycles. The third-order valence-corrected chi connectivity index (χ3v) is 4.93. The molecule has 4 rings (SSSR count). The minimum atomic E-state index is -0.580. The highest BCUT2D eigenvalue weighted by molar-refractivity contribution is 5.94. The quantitative estimate of drug-likeness (QED) is 0.907. The number of rotatable bonds is 3. The maximum absolute atomic E-state index is 12.5. The second-order valence-corrected chi connectivity index (χ2v) is 6.52. The maximum atomic E-state index is 12.5. The lowest BCUT2D eigenvalue weighted by Gasteiger charge is -2.19. The van der Waals surface area contributed by atoms with Crippen molar-refractivity contribution in [1.82, 2.24) is 10.3 Å². The number of carbonyl (C=O) groups excluding carboxylic acids is 1. The van der Waals surface area contributed by atoms with Gasteiger partial charge in [0.05, 0.1) is 17.7 Å². The number of fused-ring (bicyclic) bond motifs is 1. The van der Waals surface area contributed by atoms with Crippen molar-refractivity contribution in [2.45, 2.75) is 31.4 Å². The fourth-order valence-electron chi connectivity index (χ4n) is 3.63. The second-order valence-electron chi connectivity index (χ2n) is 6.52. The molecular weight excluding hydrogens is 302 g/mol. The third-order valence-electron chi connectivity index (χ3n) is 4.93. The van der Waals surface area contributed by atoms with Crippen LogP contribution in [0, 0.1) is 0 Å². The number of aliphatic hydroxyl groups excluding tert-OH is 1. The van der Waals surface area contributed by atoms with Crippen molar-refractivity contribution in [1.29, 1.82) is 0 Å². The molecule has 1 saturated heterocycles. The molecule has 124 valence electrons. The van der Waals surface area contributed by atoms with Gasteiger partial charge in [0.15, 0.2) is 0 Å². The highest BCUT2D eigenvalue weighted by Crippen LogP contribution is 2.31. The number of aromatic nitrogens is 1. The van der Waals surface area contributed by atoms with Crippen LogP contribution < -0.4 is 10.2 Å². The number of carbonyl (C=O) groups is 1. The Bertz CT molecular complexity index is 739. The molecule has 5 nitrogen and oxygen atoms in total. The minimum absolute atomic E-state index is 0.198. The first-order valence-electron chi connectivity index (χ1n) is 8.50. The van der Waals surface area contributed by atoms with Gasteiger partial charge in [0.1, 0.15) is 5.82 Å². The van der Waals surface area contributed by atoms with E-state index < -0.39 is 6.10 Å². The summed E-state index contributed by atoms with van der Waals surface area (Å²) in [4.78, 5) is 19.2. The lowest BCUT2D eigenvalue weighted by molar-refractivity contribution is 0.0858. The molecule has 1 fully saturated rings. The number of anilines is 1. The summed E-state index contributed by atoms with van der Waals surface area (Å²) in [5.74, 6) is 0.728. The minimum Gasteiger partial charge on any atom is -0.390 e.